The number of nitrogens with one attached hydrogen (secondary N) is 1. The Bertz CT molecular complexity index is 5830. The Morgan fingerprint density at radius 3 is 1.37 bits per heavy atom. The molecule has 1 aliphatic carbocycles. The van der Waals surface area contributed by atoms with E-state index in [0.29, 0.717) is 111 Å². The Morgan fingerprint density at radius 2 is 0.873 bits per heavy atom. The number of pyridine rings is 4. The summed E-state index contributed by atoms with van der Waals surface area (Å²) in [5.41, 5.74) is 11.8. The van der Waals surface area contributed by atoms with Gasteiger partial charge < -0.3 is 52.7 Å². The molecule has 14 rings (SSSR count). The number of fused-ring (bicyclic) bond motifs is 4. The zero-order chi connectivity index (χ0) is 95.3. The van der Waals surface area contributed by atoms with E-state index in [-0.39, 0.29) is 30.8 Å². The molecule has 1 saturated carbocycles. The number of hydrogen-bond acceptors (Lipinski definition) is 15. The molecule has 0 unspecified atom stereocenters. The molecule has 1 fully saturated rings. The van der Waals surface area contributed by atoms with Crippen LogP contribution >= 0.6 is 0 Å². The van der Waals surface area contributed by atoms with E-state index in [9.17, 15) is 32.3 Å². The molecule has 0 bridgehead atoms. The van der Waals surface area contributed by atoms with Crippen molar-refractivity contribution in [2.45, 2.75) is 269 Å². The summed E-state index contributed by atoms with van der Waals surface area (Å²) in [6.45, 7) is 31.5. The maximum Gasteiger partial charge on any atom is 0.260 e. The van der Waals surface area contributed by atoms with Gasteiger partial charge in [0.15, 0.2) is 34.2 Å². The summed E-state index contributed by atoms with van der Waals surface area (Å²) < 4.78 is 61.5. The van der Waals surface area contributed by atoms with E-state index >= 15 is 0 Å². The van der Waals surface area contributed by atoms with Gasteiger partial charge in [-0.1, -0.05) is 176 Å². The van der Waals surface area contributed by atoms with Gasteiger partial charge in [-0.2, -0.15) is 0 Å². The van der Waals surface area contributed by atoms with Crippen LogP contribution in [-0.2, 0) is 65.2 Å². The van der Waals surface area contributed by atoms with Crippen molar-refractivity contribution < 1.29 is 41.8 Å². The van der Waals surface area contributed by atoms with E-state index < -0.39 is 28.9 Å². The number of nitrogens with zero attached hydrogens (tertiary/aromatic N) is 16. The maximum atomic E-state index is 14.1. The summed E-state index contributed by atoms with van der Waals surface area (Å²) in [6.07, 6.45) is 30.5. The van der Waals surface area contributed by atoms with Crippen LogP contribution < -0.4 is 14.8 Å². The largest absolute Gasteiger partial charge is 0.497 e. The topological polar surface area (TPSA) is 235 Å². The highest BCUT2D eigenvalue weighted by atomic mass is 19.2. The Balaban J connectivity index is 0.000000173. The number of aromatic nitrogens is 12. The number of ether oxygens (including phenoxy) is 2. The molecule has 5 aromatic carbocycles. The van der Waals surface area contributed by atoms with E-state index in [2.05, 4.69) is 131 Å². The highest BCUT2D eigenvalue weighted by molar-refractivity contribution is 5.96. The Hall–Kier alpha value is -12.2. The lowest BCUT2D eigenvalue weighted by atomic mass is 10.0. The first kappa shape index (κ1) is 102. The average Bonchev–Trinajstić information content (AvgIpc) is 1.57. The van der Waals surface area contributed by atoms with Gasteiger partial charge in [0.1, 0.15) is 74.9 Å². The SMILES string of the molecule is CCCCCCCc1ccc(C(=O)N(Cc2nc3cccnc3n2C2CCCC2)CC(C)C)cc1.CCCCCc1ccc(C(=O)N(CCCC)Cc2nc3cccnc3n2CCC)cc1.CCCN(Cc1nc2cccnc2n1CCC)C(=O)c1c(F)ccc(F)c1F.CCCn1c(CN(CCC(C)C)C(=O)c2cccc(OCCNCc3ccc(OC)cc3)c2)nc2cccnc21. The number of aryl methyl sites for hydroxylation is 5. The van der Waals surface area contributed by atoms with E-state index in [0.717, 1.165) is 164 Å². The highest BCUT2D eigenvalue weighted by Crippen LogP contribution is 2.35. The quantitative estimate of drug-likeness (QED) is 0.0276. The number of carbonyl (C=O) groups is 4. The van der Waals surface area contributed by atoms with E-state index in [4.69, 9.17) is 24.4 Å². The van der Waals surface area contributed by atoms with Gasteiger partial charge in [0, 0.05) is 106 Å². The predicted octanol–water partition coefficient (Wildman–Crippen LogP) is 23.4. The van der Waals surface area contributed by atoms with Crippen molar-refractivity contribution in [1.29, 1.82) is 0 Å². The molecule has 0 spiro atoms. The summed E-state index contributed by atoms with van der Waals surface area (Å²) in [4.78, 5) is 98.0. The number of halogens is 3. The fourth-order valence-corrected chi connectivity index (χ4v) is 17.0. The molecule has 8 heterocycles. The third-order valence-corrected chi connectivity index (χ3v) is 24.0. The number of amides is 4. The minimum absolute atomic E-state index is 0.0215. The molecule has 1 aliphatic rings. The predicted molar refractivity (Wildman–Crippen MR) is 528 cm³/mol. The second-order valence-electron chi connectivity index (χ2n) is 35.7. The number of methoxy groups -OCH3 is 1. The lowest BCUT2D eigenvalue weighted by molar-refractivity contribution is 0.0711. The molecule has 0 saturated heterocycles. The van der Waals surface area contributed by atoms with Crippen LogP contribution in [0.25, 0.3) is 44.7 Å². The smallest absolute Gasteiger partial charge is 0.260 e. The summed E-state index contributed by atoms with van der Waals surface area (Å²) in [5.74, 6) is 1.11. The van der Waals surface area contributed by atoms with Crippen molar-refractivity contribution in [3.8, 4) is 11.5 Å². The Labute approximate surface area is 790 Å². The van der Waals surface area contributed by atoms with Crippen molar-refractivity contribution in [2.24, 2.45) is 11.8 Å². The van der Waals surface area contributed by atoms with Gasteiger partial charge in [-0.25, -0.2) is 53.0 Å². The Morgan fingerprint density at radius 1 is 0.425 bits per heavy atom. The van der Waals surface area contributed by atoms with E-state index in [1.807, 2.05) is 161 Å². The van der Waals surface area contributed by atoms with Crippen LogP contribution in [0.2, 0.25) is 0 Å². The minimum Gasteiger partial charge on any atom is -0.497 e. The van der Waals surface area contributed by atoms with Crippen LogP contribution in [0.3, 0.4) is 0 Å². The standard InChI is InChI=1S/C32H41N5O3.C30H42N4O.C26H36N4O.C20H21F3N4O/c1-5-18-37-30(35-29-10-7-16-34-31(29)37)23-36(19-15-24(2)3)32(38)26-8-6-9-28(21-26)40-20-17-33-22-25-11-13-27(39-4)14-12-25;1-4-5-6-7-8-12-24-16-18-25(19-17-24)30(35)33(21-23(2)3)22-28-32-27-15-11-20-31-29(27)34(28)26-13-9-10-14-26;1-4-7-9-11-21-13-15-22(16-14-21)26(31)29(19-8-5-2)20-24-28-23-12-10-17-27-25(23)30(24)18-6-3;1-3-10-26(20(28)17-13(21)7-8-14(22)18(17)23)12-16-25-15-6-5-9-24-19(15)27(16)11-4-2/h6-14,16,21,24,33H,5,15,17-20,22-23H2,1-4H3;11,15-20,23,26H,4-10,12-14,21-22H2,1-3H3;10,12-17H,4-9,11,18-20H2,1-3H3;5-9H,3-4,10-12H2,1-2H3. The molecule has 0 atom stereocenters. The van der Waals surface area contributed by atoms with Crippen LogP contribution in [0.1, 0.15) is 286 Å². The van der Waals surface area contributed by atoms with Gasteiger partial charge in [0.25, 0.3) is 23.6 Å². The second-order valence-corrected chi connectivity index (χ2v) is 35.7. The second kappa shape index (κ2) is 53.0. The molecule has 8 aromatic heterocycles. The molecule has 0 radical (unpaired) electrons. The number of rotatable bonds is 46. The van der Waals surface area contributed by atoms with Gasteiger partial charge in [-0.3, -0.25) is 19.2 Å². The normalized spacial score (nSPS) is 12.0. The van der Waals surface area contributed by atoms with Gasteiger partial charge in [0.2, 0.25) is 0 Å². The third kappa shape index (κ3) is 28.7. The molecule has 714 valence electrons. The molecule has 134 heavy (non-hydrogen) atoms. The molecule has 13 aromatic rings. The summed E-state index contributed by atoms with van der Waals surface area (Å²) in [5, 5.41) is 3.39. The van der Waals surface area contributed by atoms with Gasteiger partial charge >= 0.3 is 0 Å². The number of benzene rings is 5. The first-order valence-electron chi connectivity index (χ1n) is 49.0. The fraction of sp³-hybridized carbons (Fsp3) is 0.463. The number of imidazole rings is 4. The lowest BCUT2D eigenvalue weighted by Crippen LogP contribution is -2.35. The number of carbonyl (C=O) groups excluding carboxylic acids is 4. The first-order valence-corrected chi connectivity index (χ1v) is 49.0. The molecule has 4 amide bonds. The summed E-state index contributed by atoms with van der Waals surface area (Å²) in [6, 6.07) is 49.1. The molecule has 23 nitrogen and oxygen atoms in total. The van der Waals surface area contributed by atoms with Crippen molar-refractivity contribution in [3.63, 3.8) is 0 Å². The van der Waals surface area contributed by atoms with Gasteiger partial charge in [-0.15, -0.1) is 0 Å². The third-order valence-electron chi connectivity index (χ3n) is 24.0. The molecular weight excluding hydrogens is 1690 g/mol. The molecule has 26 heteroatoms. The number of hydrogen-bond donors (Lipinski definition) is 1. The van der Waals surface area contributed by atoms with Crippen molar-refractivity contribution in [1.82, 2.24) is 83.1 Å². The minimum atomic E-state index is -1.48. The van der Waals surface area contributed by atoms with Crippen molar-refractivity contribution >= 4 is 68.3 Å². The first-order chi connectivity index (χ1) is 65.2. The fourth-order valence-electron chi connectivity index (χ4n) is 17.0. The monoisotopic (exact) mass is 1830 g/mol. The van der Waals surface area contributed by atoms with E-state index in [1.165, 1.54) is 85.8 Å². The van der Waals surface area contributed by atoms with Crippen LogP contribution in [-0.4, -0.2) is 148 Å². The van der Waals surface area contributed by atoms with Crippen LogP contribution in [0.4, 0.5) is 13.2 Å². The lowest BCUT2D eigenvalue weighted by Gasteiger charge is -2.26. The van der Waals surface area contributed by atoms with Crippen LogP contribution in [0.5, 0.6) is 11.5 Å². The maximum absolute atomic E-state index is 14.1. The van der Waals surface area contributed by atoms with E-state index in [1.54, 1.807) is 25.6 Å². The molecular formula is C108H140F3N17O6. The van der Waals surface area contributed by atoms with Gasteiger partial charge in [-0.05, 0) is 221 Å². The average molecular weight is 1830 g/mol. The van der Waals surface area contributed by atoms with Crippen LogP contribution in [0.15, 0.2) is 183 Å². The van der Waals surface area contributed by atoms with Crippen molar-refractivity contribution in [3.05, 3.63) is 262 Å². The zero-order valence-electron chi connectivity index (χ0n) is 81.0. The van der Waals surface area contributed by atoms with Crippen molar-refractivity contribution in [2.75, 3.05) is 46.4 Å². The Kier molecular flexibility index (Phi) is 40.5. The highest BCUT2D eigenvalue weighted by Gasteiger charge is 2.31. The summed E-state index contributed by atoms with van der Waals surface area (Å²) in [7, 11) is 1.67. The number of unbranched alkanes of at least 4 members (excludes halogenated alkanes) is 7. The molecule has 1 N–H and O–H groups in total. The van der Waals surface area contributed by atoms with Crippen LogP contribution in [0, 0.1) is 29.3 Å². The molecule has 0 aliphatic heterocycles. The summed E-state index contributed by atoms with van der Waals surface area (Å²) >= 11 is 0. The zero-order valence-corrected chi connectivity index (χ0v) is 81.0. The van der Waals surface area contributed by atoms with Gasteiger partial charge in [0.05, 0.1) is 33.3 Å².